The first-order chi connectivity index (χ1) is 14.1. The molecule has 1 unspecified atom stereocenters. The Balaban J connectivity index is 1.64. The van der Waals surface area contributed by atoms with E-state index in [1.54, 1.807) is 31.2 Å². The van der Waals surface area contributed by atoms with Crippen molar-refractivity contribution in [3.8, 4) is 5.75 Å². The van der Waals surface area contributed by atoms with E-state index >= 15 is 0 Å². The molecule has 8 nitrogen and oxygen atoms in total. The minimum atomic E-state index is -0.805. The zero-order chi connectivity index (χ0) is 20.6. The minimum absolute atomic E-state index is 0.210. The van der Waals surface area contributed by atoms with Crippen molar-refractivity contribution in [2.24, 2.45) is 0 Å². The zero-order valence-electron chi connectivity index (χ0n) is 16.0. The second kappa shape index (κ2) is 9.70. The van der Waals surface area contributed by atoms with Crippen LogP contribution in [0.25, 0.3) is 0 Å². The second-order valence-electron chi connectivity index (χ2n) is 6.30. The van der Waals surface area contributed by atoms with Crippen LogP contribution in [0.15, 0.2) is 48.5 Å². The quantitative estimate of drug-likeness (QED) is 0.569. The largest absolute Gasteiger partial charge is 0.513 e. The molecule has 3 rings (SSSR count). The molecule has 2 aromatic rings. The number of hydrogen-bond acceptors (Lipinski definition) is 6. The third kappa shape index (κ3) is 5.55. The first kappa shape index (κ1) is 20.3. The van der Waals surface area contributed by atoms with Gasteiger partial charge in [0.2, 0.25) is 0 Å². The van der Waals surface area contributed by atoms with Gasteiger partial charge in [0.1, 0.15) is 11.9 Å². The van der Waals surface area contributed by atoms with Crippen molar-refractivity contribution in [1.29, 1.82) is 0 Å². The number of para-hydroxylation sites is 2. The van der Waals surface area contributed by atoms with Crippen molar-refractivity contribution in [3.63, 3.8) is 0 Å². The molecule has 0 saturated carbocycles. The average Bonchev–Trinajstić information content (AvgIpc) is 3.25. The molecular formula is C21H22N2O6. The fourth-order valence-electron chi connectivity index (χ4n) is 2.81. The second-order valence-corrected chi connectivity index (χ2v) is 6.30. The van der Waals surface area contributed by atoms with Gasteiger partial charge in [0, 0.05) is 12.2 Å². The van der Waals surface area contributed by atoms with Crippen LogP contribution in [0.4, 0.5) is 16.2 Å². The van der Waals surface area contributed by atoms with Gasteiger partial charge in [-0.25, -0.2) is 4.79 Å². The SMILES string of the molecule is CCOC(=O)Oc1ccc(C(=O)Nc2ccccc2NC(=O)C2CCCO2)cc1. The zero-order valence-corrected chi connectivity index (χ0v) is 16.0. The van der Waals surface area contributed by atoms with Crippen molar-refractivity contribution in [2.45, 2.75) is 25.9 Å². The molecule has 0 bridgehead atoms. The normalized spacial score (nSPS) is 15.4. The van der Waals surface area contributed by atoms with Crippen molar-refractivity contribution in [3.05, 3.63) is 54.1 Å². The van der Waals surface area contributed by atoms with Gasteiger partial charge in [0.15, 0.2) is 0 Å². The topological polar surface area (TPSA) is 103 Å². The van der Waals surface area contributed by atoms with E-state index < -0.39 is 12.3 Å². The van der Waals surface area contributed by atoms with E-state index in [0.29, 0.717) is 30.0 Å². The van der Waals surface area contributed by atoms with Gasteiger partial charge >= 0.3 is 6.16 Å². The lowest BCUT2D eigenvalue weighted by atomic mass is 10.2. The summed E-state index contributed by atoms with van der Waals surface area (Å²) in [4.78, 5) is 36.2. The van der Waals surface area contributed by atoms with E-state index in [2.05, 4.69) is 10.6 Å². The number of carbonyl (C=O) groups excluding carboxylic acids is 3. The van der Waals surface area contributed by atoms with Crippen molar-refractivity contribution in [1.82, 2.24) is 0 Å². The summed E-state index contributed by atoms with van der Waals surface area (Å²) in [7, 11) is 0. The fraction of sp³-hybridized carbons (Fsp3) is 0.286. The predicted octanol–water partition coefficient (Wildman–Crippen LogP) is 3.59. The van der Waals surface area contributed by atoms with Crippen LogP contribution in [0.3, 0.4) is 0 Å². The molecule has 1 saturated heterocycles. The average molecular weight is 398 g/mol. The van der Waals surface area contributed by atoms with Gasteiger partial charge in [-0.05, 0) is 56.2 Å². The first-order valence-electron chi connectivity index (χ1n) is 9.34. The molecule has 2 amide bonds. The van der Waals surface area contributed by atoms with Crippen molar-refractivity contribution in [2.75, 3.05) is 23.8 Å². The Labute approximate surface area is 168 Å². The summed E-state index contributed by atoms with van der Waals surface area (Å²) in [5.41, 5.74) is 1.32. The Morgan fingerprint density at radius 3 is 2.34 bits per heavy atom. The highest BCUT2D eigenvalue weighted by Crippen LogP contribution is 2.24. The van der Waals surface area contributed by atoms with Crippen LogP contribution >= 0.6 is 0 Å². The molecule has 2 aromatic carbocycles. The van der Waals surface area contributed by atoms with Crippen LogP contribution in [0, 0.1) is 0 Å². The predicted molar refractivity (Wildman–Crippen MR) is 106 cm³/mol. The summed E-state index contributed by atoms with van der Waals surface area (Å²) in [5.74, 6) is -0.333. The van der Waals surface area contributed by atoms with E-state index in [4.69, 9.17) is 14.2 Å². The van der Waals surface area contributed by atoms with Crippen molar-refractivity contribution < 1.29 is 28.6 Å². The van der Waals surface area contributed by atoms with Gasteiger partial charge in [0.05, 0.1) is 18.0 Å². The lowest BCUT2D eigenvalue weighted by molar-refractivity contribution is -0.124. The third-order valence-electron chi connectivity index (χ3n) is 4.24. The van der Waals surface area contributed by atoms with E-state index in [9.17, 15) is 14.4 Å². The molecule has 1 fully saturated rings. The Kier molecular flexibility index (Phi) is 6.80. The number of ether oxygens (including phenoxy) is 3. The Hall–Kier alpha value is -3.39. The molecule has 1 atom stereocenters. The maximum atomic E-state index is 12.6. The molecule has 8 heteroatoms. The molecule has 0 aromatic heterocycles. The Morgan fingerprint density at radius 2 is 1.72 bits per heavy atom. The molecule has 1 aliphatic heterocycles. The van der Waals surface area contributed by atoms with Gasteiger partial charge in [-0.2, -0.15) is 0 Å². The number of anilines is 2. The summed E-state index contributed by atoms with van der Waals surface area (Å²) in [6.45, 7) is 2.46. The molecule has 29 heavy (non-hydrogen) atoms. The van der Waals surface area contributed by atoms with Crippen LogP contribution in [0.5, 0.6) is 5.75 Å². The number of nitrogens with one attached hydrogen (secondary N) is 2. The van der Waals surface area contributed by atoms with Crippen LogP contribution in [-0.4, -0.2) is 37.3 Å². The van der Waals surface area contributed by atoms with Crippen LogP contribution in [-0.2, 0) is 14.3 Å². The van der Waals surface area contributed by atoms with Gasteiger partial charge in [0.25, 0.3) is 11.8 Å². The molecule has 0 aliphatic carbocycles. The standard InChI is InChI=1S/C21H22N2O6/c1-2-27-21(26)29-15-11-9-14(10-12-15)19(24)22-16-6-3-4-7-17(16)23-20(25)18-8-5-13-28-18/h3-4,6-7,9-12,18H,2,5,8,13H2,1H3,(H,22,24)(H,23,25). The fourth-order valence-corrected chi connectivity index (χ4v) is 2.81. The van der Waals surface area contributed by atoms with Gasteiger partial charge in [-0.3, -0.25) is 9.59 Å². The van der Waals surface area contributed by atoms with E-state index in [0.717, 1.165) is 6.42 Å². The maximum absolute atomic E-state index is 12.6. The Morgan fingerprint density at radius 1 is 1.03 bits per heavy atom. The number of amides is 2. The third-order valence-corrected chi connectivity index (χ3v) is 4.24. The lowest BCUT2D eigenvalue weighted by Gasteiger charge is -2.14. The van der Waals surface area contributed by atoms with Crippen LogP contribution < -0.4 is 15.4 Å². The molecule has 0 radical (unpaired) electrons. The monoisotopic (exact) mass is 398 g/mol. The smallest absolute Gasteiger partial charge is 0.434 e. The number of carbonyl (C=O) groups is 3. The van der Waals surface area contributed by atoms with Gasteiger partial charge in [-0.15, -0.1) is 0 Å². The summed E-state index contributed by atoms with van der Waals surface area (Å²) < 4.78 is 15.1. The molecule has 152 valence electrons. The number of rotatable bonds is 6. The van der Waals surface area contributed by atoms with Gasteiger partial charge < -0.3 is 24.8 Å². The van der Waals surface area contributed by atoms with Crippen LogP contribution in [0.2, 0.25) is 0 Å². The van der Waals surface area contributed by atoms with E-state index in [-0.39, 0.29) is 24.2 Å². The summed E-state index contributed by atoms with van der Waals surface area (Å²) >= 11 is 0. The highest BCUT2D eigenvalue weighted by molar-refractivity contribution is 6.07. The molecule has 2 N–H and O–H groups in total. The number of benzene rings is 2. The van der Waals surface area contributed by atoms with Crippen LogP contribution in [0.1, 0.15) is 30.1 Å². The summed E-state index contributed by atoms with van der Waals surface area (Å²) in [6, 6.07) is 13.0. The molecule has 1 heterocycles. The maximum Gasteiger partial charge on any atom is 0.513 e. The van der Waals surface area contributed by atoms with Crippen molar-refractivity contribution >= 4 is 29.3 Å². The lowest BCUT2D eigenvalue weighted by Crippen LogP contribution is -2.27. The van der Waals surface area contributed by atoms with Gasteiger partial charge in [-0.1, -0.05) is 12.1 Å². The summed E-state index contributed by atoms with van der Waals surface area (Å²) in [6.07, 6.45) is 0.263. The minimum Gasteiger partial charge on any atom is -0.434 e. The number of hydrogen-bond donors (Lipinski definition) is 2. The molecular weight excluding hydrogens is 376 g/mol. The highest BCUT2D eigenvalue weighted by Gasteiger charge is 2.24. The molecule has 1 aliphatic rings. The Bertz CT molecular complexity index is 875. The highest BCUT2D eigenvalue weighted by atomic mass is 16.7. The van der Waals surface area contributed by atoms with E-state index in [1.165, 1.54) is 24.3 Å². The first-order valence-corrected chi connectivity index (χ1v) is 9.34. The molecule has 0 spiro atoms. The summed E-state index contributed by atoms with van der Waals surface area (Å²) in [5, 5.41) is 5.58. The van der Waals surface area contributed by atoms with E-state index in [1.807, 2.05) is 0 Å².